The van der Waals surface area contributed by atoms with Crippen LogP contribution in [0.4, 0.5) is 22.0 Å². The number of amides is 1. The van der Waals surface area contributed by atoms with Crippen LogP contribution in [0.2, 0.25) is 0 Å². The van der Waals surface area contributed by atoms with Crippen molar-refractivity contribution < 1.29 is 31.5 Å². The molecule has 9 heteroatoms. The molecule has 1 aliphatic rings. The lowest BCUT2D eigenvalue weighted by Crippen LogP contribution is -2.53. The Bertz CT molecular complexity index is 875. The molecule has 1 N–H and O–H groups in total. The molecule has 1 amide bonds. The predicted molar refractivity (Wildman–Crippen MR) is 99.7 cm³/mol. The van der Waals surface area contributed by atoms with E-state index >= 15 is 0 Å². The third-order valence-electron chi connectivity index (χ3n) is 5.12. The molecule has 1 fully saturated rings. The molecule has 0 aliphatic carbocycles. The second-order valence-electron chi connectivity index (χ2n) is 7.21. The van der Waals surface area contributed by atoms with Gasteiger partial charge in [0.05, 0.1) is 6.54 Å². The molecule has 0 radical (unpaired) electrons. The lowest BCUT2D eigenvalue weighted by Gasteiger charge is -2.30. The third-order valence-corrected chi connectivity index (χ3v) is 5.12. The first kappa shape index (κ1) is 22.0. The van der Waals surface area contributed by atoms with Crippen LogP contribution in [0.25, 0.3) is 0 Å². The first-order valence-electron chi connectivity index (χ1n) is 9.40. The Morgan fingerprint density at radius 1 is 1.10 bits per heavy atom. The number of nitrogens with zero attached hydrogens (tertiary/aromatic N) is 1. The number of likely N-dealkylation sites (tertiary alicyclic amines) is 1. The summed E-state index contributed by atoms with van der Waals surface area (Å²) in [4.78, 5) is 14.1. The molecule has 2 aromatic rings. The Hall–Kier alpha value is -2.68. The quantitative estimate of drug-likeness (QED) is 0.537. The minimum Gasteiger partial charge on any atom is -0.492 e. The van der Waals surface area contributed by atoms with Crippen molar-refractivity contribution >= 4 is 5.91 Å². The summed E-state index contributed by atoms with van der Waals surface area (Å²) in [6.07, 6.45) is -5.04. The van der Waals surface area contributed by atoms with Crippen molar-refractivity contribution in [3.05, 3.63) is 65.7 Å². The van der Waals surface area contributed by atoms with Gasteiger partial charge in [0, 0.05) is 19.2 Å². The van der Waals surface area contributed by atoms with Crippen molar-refractivity contribution in [3.63, 3.8) is 0 Å². The van der Waals surface area contributed by atoms with E-state index in [-0.39, 0.29) is 31.9 Å². The van der Waals surface area contributed by atoms with Crippen molar-refractivity contribution in [1.82, 2.24) is 10.2 Å². The lowest BCUT2D eigenvalue weighted by molar-refractivity contribution is -0.218. The van der Waals surface area contributed by atoms with Crippen molar-refractivity contribution in [2.24, 2.45) is 5.41 Å². The van der Waals surface area contributed by atoms with Gasteiger partial charge >= 0.3 is 6.18 Å². The number of ether oxygens (including phenoxy) is 1. The summed E-state index contributed by atoms with van der Waals surface area (Å²) in [6, 6.07) is 12.0. The highest BCUT2D eigenvalue weighted by molar-refractivity contribution is 5.84. The molecule has 0 bridgehead atoms. The average Bonchev–Trinajstić information content (AvgIpc) is 3.14. The highest BCUT2D eigenvalue weighted by atomic mass is 19.4. The number of carbonyl (C=O) groups excluding carboxylic acids is 1. The Morgan fingerprint density at radius 3 is 2.50 bits per heavy atom. The van der Waals surface area contributed by atoms with Gasteiger partial charge in [0.25, 0.3) is 0 Å². The van der Waals surface area contributed by atoms with Crippen LogP contribution in [0.5, 0.6) is 5.75 Å². The highest BCUT2D eigenvalue weighted by Crippen LogP contribution is 2.46. The number of halogens is 5. The van der Waals surface area contributed by atoms with Gasteiger partial charge in [0.15, 0.2) is 17.0 Å². The molecule has 30 heavy (non-hydrogen) atoms. The van der Waals surface area contributed by atoms with Crippen LogP contribution in [-0.4, -0.2) is 43.2 Å². The molecule has 0 spiro atoms. The van der Waals surface area contributed by atoms with E-state index < -0.39 is 35.7 Å². The molecule has 1 unspecified atom stereocenters. The minimum atomic E-state index is -4.70. The maximum Gasteiger partial charge on any atom is 0.404 e. The summed E-state index contributed by atoms with van der Waals surface area (Å²) in [7, 11) is 0. The maximum absolute atomic E-state index is 13.8. The first-order valence-corrected chi connectivity index (χ1v) is 9.40. The van der Waals surface area contributed by atoms with Crippen LogP contribution in [0.1, 0.15) is 12.0 Å². The topological polar surface area (TPSA) is 41.6 Å². The average molecular weight is 428 g/mol. The van der Waals surface area contributed by atoms with Gasteiger partial charge in [-0.3, -0.25) is 9.69 Å². The summed E-state index contributed by atoms with van der Waals surface area (Å²) in [5.74, 6) is -3.23. The van der Waals surface area contributed by atoms with Crippen molar-refractivity contribution in [1.29, 1.82) is 0 Å². The molecule has 0 aromatic heterocycles. The van der Waals surface area contributed by atoms with Crippen LogP contribution in [0, 0.1) is 17.0 Å². The van der Waals surface area contributed by atoms with Gasteiger partial charge in [0.2, 0.25) is 5.91 Å². The highest BCUT2D eigenvalue weighted by Gasteiger charge is 2.62. The fraction of sp³-hybridized carbons (Fsp3) is 0.381. The van der Waals surface area contributed by atoms with Gasteiger partial charge in [-0.05, 0) is 30.7 Å². The first-order chi connectivity index (χ1) is 14.2. The second-order valence-corrected chi connectivity index (χ2v) is 7.21. The van der Waals surface area contributed by atoms with Gasteiger partial charge in [-0.1, -0.05) is 30.3 Å². The molecule has 1 aliphatic heterocycles. The standard InChI is InChI=1S/C21H21F5N2O2/c22-17-7-6-16(12-18(17)23)30-11-9-27-19(29)20(21(24,25)26)8-10-28(14-20)13-15-4-2-1-3-5-15/h1-7,12H,8-11,13-14H2,(H,27,29). The smallest absolute Gasteiger partial charge is 0.404 e. The summed E-state index contributed by atoms with van der Waals surface area (Å²) in [5, 5.41) is 2.27. The van der Waals surface area contributed by atoms with Crippen molar-refractivity contribution in [2.75, 3.05) is 26.2 Å². The third kappa shape index (κ3) is 4.89. The largest absolute Gasteiger partial charge is 0.492 e. The summed E-state index contributed by atoms with van der Waals surface area (Å²) < 4.78 is 72.7. The molecule has 1 atom stereocenters. The van der Waals surface area contributed by atoms with E-state index in [9.17, 15) is 26.7 Å². The Labute approximate surface area is 170 Å². The number of hydrogen-bond donors (Lipinski definition) is 1. The van der Waals surface area contributed by atoms with E-state index in [2.05, 4.69) is 5.32 Å². The molecule has 1 saturated heterocycles. The summed E-state index contributed by atoms with van der Waals surface area (Å²) in [5.41, 5.74) is -1.63. The second kappa shape index (κ2) is 8.99. The minimum absolute atomic E-state index is 0.0172. The summed E-state index contributed by atoms with van der Waals surface area (Å²) in [6.45, 7) is -0.341. The Balaban J connectivity index is 1.57. The normalized spacial score (nSPS) is 19.6. The van der Waals surface area contributed by atoms with E-state index in [0.717, 1.165) is 17.7 Å². The number of carbonyl (C=O) groups is 1. The fourth-order valence-corrected chi connectivity index (χ4v) is 3.48. The molecule has 162 valence electrons. The maximum atomic E-state index is 13.8. The zero-order chi connectivity index (χ0) is 21.8. The van der Waals surface area contributed by atoms with Gasteiger partial charge in [-0.2, -0.15) is 13.2 Å². The monoisotopic (exact) mass is 428 g/mol. The number of rotatable bonds is 7. The number of nitrogens with one attached hydrogen (secondary N) is 1. The summed E-state index contributed by atoms with van der Waals surface area (Å²) >= 11 is 0. The molecular formula is C21H21F5N2O2. The van der Waals surface area contributed by atoms with Crippen LogP contribution in [0.3, 0.4) is 0 Å². The Kier molecular flexibility index (Phi) is 6.60. The van der Waals surface area contributed by atoms with E-state index in [0.29, 0.717) is 6.54 Å². The Morgan fingerprint density at radius 2 is 1.83 bits per heavy atom. The molecule has 4 nitrogen and oxygen atoms in total. The lowest BCUT2D eigenvalue weighted by atomic mass is 9.85. The zero-order valence-corrected chi connectivity index (χ0v) is 16.0. The van der Waals surface area contributed by atoms with Crippen LogP contribution in [-0.2, 0) is 11.3 Å². The van der Waals surface area contributed by atoms with Gasteiger partial charge in [0.1, 0.15) is 12.4 Å². The fourth-order valence-electron chi connectivity index (χ4n) is 3.48. The van der Waals surface area contributed by atoms with Crippen molar-refractivity contribution in [3.8, 4) is 5.75 Å². The van der Waals surface area contributed by atoms with Gasteiger partial charge in [-0.25, -0.2) is 8.78 Å². The van der Waals surface area contributed by atoms with Crippen molar-refractivity contribution in [2.45, 2.75) is 19.1 Å². The van der Waals surface area contributed by atoms with Crippen LogP contribution >= 0.6 is 0 Å². The molecule has 0 saturated carbocycles. The predicted octanol–water partition coefficient (Wildman–Crippen LogP) is 3.91. The van der Waals surface area contributed by atoms with E-state index in [1.165, 1.54) is 6.07 Å². The number of hydrogen-bond acceptors (Lipinski definition) is 3. The van der Waals surface area contributed by atoms with E-state index in [1.54, 1.807) is 4.90 Å². The molecule has 3 rings (SSSR count). The molecule has 1 heterocycles. The number of alkyl halides is 3. The van der Waals surface area contributed by atoms with Crippen LogP contribution in [0.15, 0.2) is 48.5 Å². The van der Waals surface area contributed by atoms with Gasteiger partial charge in [-0.15, -0.1) is 0 Å². The van der Waals surface area contributed by atoms with Crippen LogP contribution < -0.4 is 10.1 Å². The molecular weight excluding hydrogens is 407 g/mol. The van der Waals surface area contributed by atoms with E-state index in [4.69, 9.17) is 4.74 Å². The molecule has 2 aromatic carbocycles. The van der Waals surface area contributed by atoms with E-state index in [1.807, 2.05) is 30.3 Å². The SMILES string of the molecule is O=C(NCCOc1ccc(F)c(F)c1)C1(C(F)(F)F)CCN(Cc2ccccc2)C1. The number of benzene rings is 2. The zero-order valence-electron chi connectivity index (χ0n) is 16.0. The van der Waals surface area contributed by atoms with Gasteiger partial charge < -0.3 is 10.1 Å².